The van der Waals surface area contributed by atoms with Crippen molar-refractivity contribution in [3.05, 3.63) is 33.0 Å². The highest BCUT2D eigenvalue weighted by molar-refractivity contribution is 9.10. The van der Waals surface area contributed by atoms with E-state index >= 15 is 0 Å². The molecule has 1 aromatic heterocycles. The van der Waals surface area contributed by atoms with Gasteiger partial charge >= 0.3 is 0 Å². The minimum Gasteiger partial charge on any atom is -0.290 e. The number of carbonyl (C=O) groups excluding carboxylic acids is 1. The largest absolute Gasteiger partial charge is 0.290 e. The van der Waals surface area contributed by atoms with E-state index < -0.39 is 0 Å². The first-order chi connectivity index (χ1) is 11.5. The molecule has 1 heterocycles. The van der Waals surface area contributed by atoms with E-state index in [1.165, 1.54) is 0 Å². The van der Waals surface area contributed by atoms with E-state index in [4.69, 9.17) is 5.21 Å². The number of unbranched alkanes of at least 4 members (excludes halogenated alkanes) is 3. The molecule has 1 amide bonds. The third kappa shape index (κ3) is 5.06. The second-order valence-electron chi connectivity index (χ2n) is 5.47. The van der Waals surface area contributed by atoms with Crippen LogP contribution in [0.15, 0.2) is 32.6 Å². The van der Waals surface area contributed by atoms with E-state index in [9.17, 15) is 9.59 Å². The molecule has 130 valence electrons. The van der Waals surface area contributed by atoms with Crippen molar-refractivity contribution in [1.29, 1.82) is 0 Å². The van der Waals surface area contributed by atoms with Crippen molar-refractivity contribution in [3.8, 4) is 0 Å². The molecule has 0 fully saturated rings. The molecule has 0 saturated carbocycles. The lowest BCUT2D eigenvalue weighted by molar-refractivity contribution is -0.129. The van der Waals surface area contributed by atoms with Gasteiger partial charge in [0.25, 0.3) is 5.56 Å². The van der Waals surface area contributed by atoms with Gasteiger partial charge < -0.3 is 0 Å². The van der Waals surface area contributed by atoms with Crippen LogP contribution in [0.1, 0.15) is 32.1 Å². The third-order valence-corrected chi connectivity index (χ3v) is 5.26. The van der Waals surface area contributed by atoms with Gasteiger partial charge in [-0.1, -0.05) is 40.5 Å². The molecule has 2 N–H and O–H groups in total. The van der Waals surface area contributed by atoms with E-state index in [0.29, 0.717) is 17.3 Å². The summed E-state index contributed by atoms with van der Waals surface area (Å²) < 4.78 is 2.45. The summed E-state index contributed by atoms with van der Waals surface area (Å²) in [7, 11) is 1.74. The van der Waals surface area contributed by atoms with Gasteiger partial charge in [-0.25, -0.2) is 10.5 Å². The summed E-state index contributed by atoms with van der Waals surface area (Å²) >= 11 is 4.94. The second kappa shape index (κ2) is 9.19. The van der Waals surface area contributed by atoms with E-state index in [0.717, 1.165) is 41.1 Å². The highest BCUT2D eigenvalue weighted by Crippen LogP contribution is 2.21. The SMILES string of the molecule is Cn1c(SCCCCCCC(=O)NO)nc2ccc(Br)cc2c1=O. The fourth-order valence-electron chi connectivity index (χ4n) is 2.31. The van der Waals surface area contributed by atoms with Gasteiger partial charge in [0, 0.05) is 23.7 Å². The maximum atomic E-state index is 12.4. The summed E-state index contributed by atoms with van der Waals surface area (Å²) in [4.78, 5) is 27.8. The molecular weight excluding hydrogens is 394 g/mol. The Balaban J connectivity index is 1.87. The Morgan fingerprint density at radius 3 is 2.83 bits per heavy atom. The number of aromatic nitrogens is 2. The average Bonchev–Trinajstić information content (AvgIpc) is 2.58. The number of carbonyl (C=O) groups is 1. The molecule has 0 saturated heterocycles. The highest BCUT2D eigenvalue weighted by atomic mass is 79.9. The Bertz CT molecular complexity index is 779. The van der Waals surface area contributed by atoms with E-state index in [2.05, 4.69) is 20.9 Å². The van der Waals surface area contributed by atoms with Crippen molar-refractivity contribution in [2.45, 2.75) is 37.3 Å². The van der Waals surface area contributed by atoms with E-state index in [1.54, 1.807) is 34.9 Å². The maximum absolute atomic E-state index is 12.4. The highest BCUT2D eigenvalue weighted by Gasteiger charge is 2.09. The maximum Gasteiger partial charge on any atom is 0.261 e. The predicted molar refractivity (Wildman–Crippen MR) is 98.4 cm³/mol. The average molecular weight is 414 g/mol. The molecule has 0 unspecified atom stereocenters. The standard InChI is InChI=1S/C16H20BrN3O3S/c1-20-15(22)12-10-11(17)7-8-13(12)18-16(20)24-9-5-3-2-4-6-14(21)19-23/h7-8,10,23H,2-6,9H2,1H3,(H,19,21). The summed E-state index contributed by atoms with van der Waals surface area (Å²) in [6.45, 7) is 0. The van der Waals surface area contributed by atoms with Gasteiger partial charge in [0.2, 0.25) is 5.91 Å². The summed E-state index contributed by atoms with van der Waals surface area (Å²) in [5.74, 6) is 0.528. The molecule has 0 aliphatic heterocycles. The molecule has 0 atom stereocenters. The lowest BCUT2D eigenvalue weighted by Gasteiger charge is -2.09. The Morgan fingerprint density at radius 2 is 2.08 bits per heavy atom. The predicted octanol–water partition coefficient (Wildman–Crippen LogP) is 3.24. The van der Waals surface area contributed by atoms with Crippen molar-refractivity contribution in [2.24, 2.45) is 7.05 Å². The minimum absolute atomic E-state index is 0.0428. The molecule has 6 nitrogen and oxygen atoms in total. The lowest BCUT2D eigenvalue weighted by atomic mass is 10.1. The quantitative estimate of drug-likeness (QED) is 0.228. The molecule has 24 heavy (non-hydrogen) atoms. The molecule has 2 aromatic rings. The molecule has 0 aliphatic rings. The number of rotatable bonds is 8. The number of hydrogen-bond acceptors (Lipinski definition) is 5. The minimum atomic E-state index is -0.341. The molecule has 0 bridgehead atoms. The van der Waals surface area contributed by atoms with Crippen LogP contribution in [-0.4, -0.2) is 26.4 Å². The number of nitrogens with one attached hydrogen (secondary N) is 1. The zero-order valence-electron chi connectivity index (χ0n) is 13.4. The summed E-state index contributed by atoms with van der Waals surface area (Å²) in [6, 6.07) is 5.52. The molecule has 8 heteroatoms. The van der Waals surface area contributed by atoms with Crippen molar-refractivity contribution in [3.63, 3.8) is 0 Å². The third-order valence-electron chi connectivity index (χ3n) is 3.65. The Labute approximate surface area is 152 Å². The van der Waals surface area contributed by atoms with Gasteiger partial charge in [-0.15, -0.1) is 0 Å². The van der Waals surface area contributed by atoms with Crippen molar-refractivity contribution in [1.82, 2.24) is 15.0 Å². The number of hydrogen-bond donors (Lipinski definition) is 2. The van der Waals surface area contributed by atoms with Crippen LogP contribution in [0.3, 0.4) is 0 Å². The number of thioether (sulfide) groups is 1. The van der Waals surface area contributed by atoms with E-state index in [1.807, 2.05) is 12.1 Å². The molecule has 0 spiro atoms. The zero-order valence-corrected chi connectivity index (χ0v) is 15.8. The van der Waals surface area contributed by atoms with Gasteiger partial charge in [-0.05, 0) is 31.0 Å². The first kappa shape index (κ1) is 19.0. The lowest BCUT2D eigenvalue weighted by Crippen LogP contribution is -2.20. The van der Waals surface area contributed by atoms with Crippen LogP contribution in [0.2, 0.25) is 0 Å². The normalized spacial score (nSPS) is 11.0. The van der Waals surface area contributed by atoms with Crippen LogP contribution in [0.5, 0.6) is 0 Å². The Hall–Kier alpha value is -1.38. The Kier molecular flexibility index (Phi) is 7.26. The summed E-state index contributed by atoms with van der Waals surface area (Å²) in [5.41, 5.74) is 2.30. The van der Waals surface area contributed by atoms with Crippen molar-refractivity contribution >= 4 is 44.5 Å². The van der Waals surface area contributed by atoms with E-state index in [-0.39, 0.29) is 11.5 Å². The summed E-state index contributed by atoms with van der Waals surface area (Å²) in [5, 5.41) is 9.73. The topological polar surface area (TPSA) is 84.2 Å². The second-order valence-corrected chi connectivity index (χ2v) is 7.45. The molecular formula is C16H20BrN3O3S. The number of hydroxylamine groups is 1. The van der Waals surface area contributed by atoms with Gasteiger partial charge in [0.05, 0.1) is 10.9 Å². The number of fused-ring (bicyclic) bond motifs is 1. The smallest absolute Gasteiger partial charge is 0.261 e. The van der Waals surface area contributed by atoms with Crippen LogP contribution in [0, 0.1) is 0 Å². The number of halogens is 1. The van der Waals surface area contributed by atoms with Crippen LogP contribution in [0.25, 0.3) is 10.9 Å². The Morgan fingerprint density at radius 1 is 1.33 bits per heavy atom. The van der Waals surface area contributed by atoms with Crippen LogP contribution < -0.4 is 11.0 Å². The monoisotopic (exact) mass is 413 g/mol. The molecule has 0 aliphatic carbocycles. The summed E-state index contributed by atoms with van der Waals surface area (Å²) in [6.07, 6.45) is 4.03. The van der Waals surface area contributed by atoms with Gasteiger partial charge in [0.15, 0.2) is 5.16 Å². The van der Waals surface area contributed by atoms with Crippen molar-refractivity contribution < 1.29 is 10.0 Å². The first-order valence-electron chi connectivity index (χ1n) is 7.75. The molecule has 1 aromatic carbocycles. The fraction of sp³-hybridized carbons (Fsp3) is 0.438. The fourth-order valence-corrected chi connectivity index (χ4v) is 3.64. The first-order valence-corrected chi connectivity index (χ1v) is 9.53. The van der Waals surface area contributed by atoms with Crippen LogP contribution >= 0.6 is 27.7 Å². The van der Waals surface area contributed by atoms with Crippen LogP contribution in [-0.2, 0) is 11.8 Å². The van der Waals surface area contributed by atoms with Crippen molar-refractivity contribution in [2.75, 3.05) is 5.75 Å². The van der Waals surface area contributed by atoms with Crippen LogP contribution in [0.4, 0.5) is 0 Å². The van der Waals surface area contributed by atoms with Gasteiger partial charge in [0.1, 0.15) is 0 Å². The number of nitrogens with zero attached hydrogens (tertiary/aromatic N) is 2. The van der Waals surface area contributed by atoms with Gasteiger partial charge in [-0.2, -0.15) is 0 Å². The van der Waals surface area contributed by atoms with Gasteiger partial charge in [-0.3, -0.25) is 19.4 Å². The molecule has 0 radical (unpaired) electrons. The number of amides is 1. The molecule has 2 rings (SSSR count). The number of benzene rings is 1. The zero-order chi connectivity index (χ0) is 17.5.